The second-order valence-corrected chi connectivity index (χ2v) is 21.4. The number of hydrogen-bond donors (Lipinski definition) is 6. The number of esters is 1. The van der Waals surface area contributed by atoms with Gasteiger partial charge in [0.2, 0.25) is 5.91 Å². The van der Waals surface area contributed by atoms with E-state index in [0.717, 1.165) is 77.0 Å². The molecule has 0 radical (unpaired) electrons. The maximum atomic E-state index is 13.4. The van der Waals surface area contributed by atoms with Gasteiger partial charge in [-0.1, -0.05) is 247 Å². The summed E-state index contributed by atoms with van der Waals surface area (Å²) in [5.41, 5.74) is 0. The molecule has 1 aliphatic rings. The van der Waals surface area contributed by atoms with Gasteiger partial charge in [-0.15, -0.1) is 0 Å². The lowest BCUT2D eigenvalue weighted by atomic mass is 9.99. The van der Waals surface area contributed by atoms with Crippen molar-refractivity contribution in [1.29, 1.82) is 0 Å². The molecule has 0 aliphatic carbocycles. The van der Waals surface area contributed by atoms with E-state index >= 15 is 0 Å². The van der Waals surface area contributed by atoms with Crippen molar-refractivity contribution >= 4 is 11.9 Å². The van der Waals surface area contributed by atoms with Gasteiger partial charge >= 0.3 is 5.97 Å². The molecule has 0 aromatic heterocycles. The fourth-order valence-corrected chi connectivity index (χ4v) is 9.33. The summed E-state index contributed by atoms with van der Waals surface area (Å²) >= 11 is 0. The highest BCUT2D eigenvalue weighted by molar-refractivity contribution is 5.80. The maximum absolute atomic E-state index is 13.4. The molecule has 11 nitrogen and oxygen atoms in total. The zero-order valence-electron chi connectivity index (χ0n) is 49.1. The van der Waals surface area contributed by atoms with Gasteiger partial charge in [0.1, 0.15) is 24.4 Å². The van der Waals surface area contributed by atoms with Crippen LogP contribution in [0.25, 0.3) is 0 Å². The van der Waals surface area contributed by atoms with Gasteiger partial charge in [-0.2, -0.15) is 0 Å². The van der Waals surface area contributed by atoms with Gasteiger partial charge in [-0.3, -0.25) is 9.59 Å². The van der Waals surface area contributed by atoms with Crippen molar-refractivity contribution in [1.82, 2.24) is 5.32 Å². The first-order chi connectivity index (χ1) is 37.7. The van der Waals surface area contributed by atoms with Crippen molar-refractivity contribution < 1.29 is 49.3 Å². The lowest BCUT2D eigenvalue weighted by Gasteiger charge is -2.41. The van der Waals surface area contributed by atoms with E-state index < -0.39 is 67.4 Å². The summed E-state index contributed by atoms with van der Waals surface area (Å²) in [6.45, 7) is 5.63. The van der Waals surface area contributed by atoms with Crippen LogP contribution in [0.2, 0.25) is 0 Å². The van der Waals surface area contributed by atoms with Crippen LogP contribution in [0.15, 0.2) is 85.1 Å². The molecule has 8 atom stereocenters. The Bertz CT molecular complexity index is 1570. The van der Waals surface area contributed by atoms with E-state index in [1.54, 1.807) is 6.08 Å². The number of carbonyl (C=O) groups is 2. The number of aliphatic hydroxyl groups is 5. The zero-order chi connectivity index (χ0) is 56.1. The molecule has 0 saturated carbocycles. The van der Waals surface area contributed by atoms with Crippen molar-refractivity contribution in [3.8, 4) is 0 Å². The van der Waals surface area contributed by atoms with E-state index in [1.807, 2.05) is 18.2 Å². The maximum Gasteiger partial charge on any atom is 0.306 e. The SMILES string of the molecule is CC/C=C\C/C=C\C/C=C\C/C=C\C/C=C\CCC(O)C(=O)NC(COC1OC(CO)C(O)C(O)C1OC(=O)CCCCCCCCCCCCC/C=C/CCCCCCCC)C(O)/C=C/CCCCCCCCCCC. The molecule has 8 unspecified atom stereocenters. The fraction of sp³-hybridized carbons (Fsp3) is 0.758. The minimum absolute atomic E-state index is 0.113. The average Bonchev–Trinajstić information content (AvgIpc) is 3.43. The van der Waals surface area contributed by atoms with Gasteiger partial charge in [-0.05, 0) is 89.9 Å². The van der Waals surface area contributed by atoms with Crippen molar-refractivity contribution in [2.24, 2.45) is 0 Å². The third kappa shape index (κ3) is 41.5. The molecule has 6 N–H and O–H groups in total. The summed E-state index contributed by atoms with van der Waals surface area (Å²) in [6.07, 6.45) is 59.2. The van der Waals surface area contributed by atoms with Crippen molar-refractivity contribution in [3.63, 3.8) is 0 Å². The minimum atomic E-state index is -1.63. The number of ether oxygens (including phenoxy) is 3. The Labute approximate surface area is 470 Å². The second kappa shape index (κ2) is 53.5. The van der Waals surface area contributed by atoms with Gasteiger partial charge in [0.15, 0.2) is 12.4 Å². The molecule has 0 spiro atoms. The smallest absolute Gasteiger partial charge is 0.306 e. The zero-order valence-corrected chi connectivity index (χ0v) is 49.1. The summed E-state index contributed by atoms with van der Waals surface area (Å²) in [5, 5.41) is 56.9. The second-order valence-electron chi connectivity index (χ2n) is 21.4. The monoisotopic (exact) mass is 1080 g/mol. The summed E-state index contributed by atoms with van der Waals surface area (Å²) in [5.74, 6) is -1.26. The Balaban J connectivity index is 2.67. The summed E-state index contributed by atoms with van der Waals surface area (Å²) in [4.78, 5) is 26.5. The van der Waals surface area contributed by atoms with Crippen molar-refractivity contribution in [2.45, 2.75) is 307 Å². The highest BCUT2D eigenvalue weighted by Crippen LogP contribution is 2.26. The molecule has 1 aliphatic heterocycles. The largest absolute Gasteiger partial charge is 0.454 e. The molecule has 77 heavy (non-hydrogen) atoms. The Morgan fingerprint density at radius 2 is 0.935 bits per heavy atom. The normalized spacial score (nSPS) is 19.6. The summed E-state index contributed by atoms with van der Waals surface area (Å²) < 4.78 is 17.6. The van der Waals surface area contributed by atoms with Gasteiger partial charge in [0.25, 0.3) is 0 Å². The van der Waals surface area contributed by atoms with Gasteiger partial charge in [-0.25, -0.2) is 0 Å². The van der Waals surface area contributed by atoms with Gasteiger partial charge in [0.05, 0.1) is 25.4 Å². The van der Waals surface area contributed by atoms with Crippen LogP contribution < -0.4 is 5.32 Å². The van der Waals surface area contributed by atoms with Crippen LogP contribution in [-0.2, 0) is 23.8 Å². The van der Waals surface area contributed by atoms with Crippen LogP contribution >= 0.6 is 0 Å². The van der Waals surface area contributed by atoms with Crippen LogP contribution in [0.3, 0.4) is 0 Å². The Morgan fingerprint density at radius 1 is 0.519 bits per heavy atom. The number of nitrogens with one attached hydrogen (secondary N) is 1. The molecule has 11 heteroatoms. The lowest BCUT2D eigenvalue weighted by Crippen LogP contribution is -2.61. The number of hydrogen-bond acceptors (Lipinski definition) is 10. The Kier molecular flexibility index (Phi) is 49.9. The van der Waals surface area contributed by atoms with Crippen molar-refractivity contribution in [2.75, 3.05) is 13.2 Å². The van der Waals surface area contributed by atoms with Gasteiger partial charge < -0.3 is 45.1 Å². The number of aliphatic hydroxyl groups excluding tert-OH is 5. The molecular weight excluding hydrogens is 967 g/mol. The van der Waals surface area contributed by atoms with E-state index in [2.05, 4.69) is 86.8 Å². The quantitative estimate of drug-likeness (QED) is 0.0195. The number of allylic oxidation sites excluding steroid dienone is 13. The molecule has 444 valence electrons. The third-order valence-electron chi connectivity index (χ3n) is 14.3. The standard InChI is InChI=1S/C66H115NO10/c1-4-7-10-13-16-19-22-24-26-28-29-30-31-32-34-36-39-42-45-48-51-54-61(71)77-64-63(73)62(72)60(55-68)76-66(64)75-56-57(58(69)52-49-46-43-40-37-21-18-15-12-9-6-3)67-65(74)59(70)53-50-47-44-41-38-35-33-27-25-23-20-17-14-11-8-5-2/h8,11,17,20,24-27,35,38,44,47,49,52,57-60,62-64,66,68-70,72-73H,4-7,9-10,12-16,18-19,21-23,28-34,36-37,39-43,45-46,48,50-51,53-56H2,1-3H3,(H,67,74)/b11-8-,20-17-,26-24+,27-25-,38-35-,47-44-,52-49+. The molecular formula is C66H115NO10. The number of rotatable bonds is 52. The van der Waals surface area contributed by atoms with E-state index in [-0.39, 0.29) is 19.4 Å². The molecule has 1 fully saturated rings. The lowest BCUT2D eigenvalue weighted by molar-refractivity contribution is -0.305. The number of unbranched alkanes of at least 4 members (excludes halogenated alkanes) is 26. The highest BCUT2D eigenvalue weighted by Gasteiger charge is 2.47. The average molecular weight is 1080 g/mol. The predicted molar refractivity (Wildman–Crippen MR) is 319 cm³/mol. The molecule has 0 aromatic rings. The third-order valence-corrected chi connectivity index (χ3v) is 14.3. The van der Waals surface area contributed by atoms with Crippen LogP contribution in [0.5, 0.6) is 0 Å². The first kappa shape index (κ1) is 71.9. The first-order valence-corrected chi connectivity index (χ1v) is 31.4. The molecule has 0 aromatic carbocycles. The summed E-state index contributed by atoms with van der Waals surface area (Å²) in [7, 11) is 0. The molecule has 1 saturated heterocycles. The van der Waals surface area contributed by atoms with Crippen LogP contribution in [0.4, 0.5) is 0 Å². The number of amides is 1. The molecule has 1 rings (SSSR count). The topological polar surface area (TPSA) is 175 Å². The predicted octanol–water partition coefficient (Wildman–Crippen LogP) is 14.9. The van der Waals surface area contributed by atoms with E-state index in [1.165, 1.54) is 135 Å². The van der Waals surface area contributed by atoms with Gasteiger partial charge in [0, 0.05) is 6.42 Å². The van der Waals surface area contributed by atoms with Crippen LogP contribution in [0.1, 0.15) is 258 Å². The number of carbonyl (C=O) groups excluding carboxylic acids is 2. The fourth-order valence-electron chi connectivity index (χ4n) is 9.33. The van der Waals surface area contributed by atoms with Crippen LogP contribution in [0, 0.1) is 0 Å². The summed E-state index contributed by atoms with van der Waals surface area (Å²) in [6, 6.07) is -1.06. The van der Waals surface area contributed by atoms with E-state index in [9.17, 15) is 35.1 Å². The Hall–Kier alpha value is -3.16. The van der Waals surface area contributed by atoms with Crippen LogP contribution in [-0.4, -0.2) is 99.6 Å². The minimum Gasteiger partial charge on any atom is -0.454 e. The highest BCUT2D eigenvalue weighted by atomic mass is 16.7. The van der Waals surface area contributed by atoms with E-state index in [0.29, 0.717) is 12.8 Å². The van der Waals surface area contributed by atoms with Crippen molar-refractivity contribution in [3.05, 3.63) is 85.1 Å². The first-order valence-electron chi connectivity index (χ1n) is 31.4. The Morgan fingerprint density at radius 3 is 1.40 bits per heavy atom. The molecule has 0 bridgehead atoms. The van der Waals surface area contributed by atoms with E-state index in [4.69, 9.17) is 14.2 Å². The molecule has 1 amide bonds. The molecule has 1 heterocycles.